The molecule has 0 spiro atoms. The highest BCUT2D eigenvalue weighted by atomic mass is 19.1. The van der Waals surface area contributed by atoms with Crippen LogP contribution in [0.1, 0.15) is 0 Å². The molecule has 0 aliphatic carbocycles. The number of nitrogens with zero attached hydrogens (tertiary/aromatic N) is 1. The topological polar surface area (TPSA) is 37.9 Å². The molecule has 4 heteroatoms. The van der Waals surface area contributed by atoms with Gasteiger partial charge >= 0.3 is 0 Å². The highest BCUT2D eigenvalue weighted by molar-refractivity contribution is 5.83. The standard InChI is InChI=1S/C14H11FN2O/c1-18-14-7-10(15)3-4-11(14)9-2-5-12-13(6-9)17-8-16-12/h2-8H,1H3,(H,16,17). The van der Waals surface area contributed by atoms with Gasteiger partial charge in [0, 0.05) is 11.6 Å². The van der Waals surface area contributed by atoms with E-state index < -0.39 is 0 Å². The summed E-state index contributed by atoms with van der Waals surface area (Å²) >= 11 is 0. The Labute approximate surface area is 103 Å². The van der Waals surface area contributed by atoms with Crippen molar-refractivity contribution in [2.45, 2.75) is 0 Å². The quantitative estimate of drug-likeness (QED) is 0.748. The number of benzene rings is 2. The van der Waals surface area contributed by atoms with Gasteiger partial charge in [0.1, 0.15) is 11.6 Å². The molecule has 90 valence electrons. The van der Waals surface area contributed by atoms with Gasteiger partial charge in [0.25, 0.3) is 0 Å². The van der Waals surface area contributed by atoms with Crippen LogP contribution in [0.2, 0.25) is 0 Å². The summed E-state index contributed by atoms with van der Waals surface area (Å²) in [4.78, 5) is 7.22. The van der Waals surface area contributed by atoms with Crippen molar-refractivity contribution >= 4 is 11.0 Å². The van der Waals surface area contributed by atoms with E-state index in [4.69, 9.17) is 4.74 Å². The number of aromatic amines is 1. The number of methoxy groups -OCH3 is 1. The molecule has 3 nitrogen and oxygen atoms in total. The molecule has 1 N–H and O–H groups in total. The van der Waals surface area contributed by atoms with Crippen molar-refractivity contribution in [1.29, 1.82) is 0 Å². The monoisotopic (exact) mass is 242 g/mol. The molecule has 3 aromatic rings. The van der Waals surface area contributed by atoms with Crippen molar-refractivity contribution in [3.05, 3.63) is 48.5 Å². The van der Waals surface area contributed by atoms with Crippen LogP contribution in [-0.2, 0) is 0 Å². The zero-order chi connectivity index (χ0) is 12.5. The molecule has 0 amide bonds. The van der Waals surface area contributed by atoms with Crippen molar-refractivity contribution in [3.63, 3.8) is 0 Å². The molecule has 0 radical (unpaired) electrons. The largest absolute Gasteiger partial charge is 0.496 e. The van der Waals surface area contributed by atoms with Gasteiger partial charge in [-0.3, -0.25) is 0 Å². The van der Waals surface area contributed by atoms with Crippen LogP contribution < -0.4 is 4.74 Å². The van der Waals surface area contributed by atoms with E-state index in [1.807, 2.05) is 18.2 Å². The van der Waals surface area contributed by atoms with Crippen LogP contribution in [0.15, 0.2) is 42.7 Å². The molecule has 0 aliphatic rings. The molecule has 0 saturated carbocycles. The van der Waals surface area contributed by atoms with Crippen LogP contribution in [0.3, 0.4) is 0 Å². The molecule has 0 aliphatic heterocycles. The molecule has 0 atom stereocenters. The fourth-order valence-corrected chi connectivity index (χ4v) is 2.01. The predicted molar refractivity (Wildman–Crippen MR) is 68.0 cm³/mol. The number of imidazole rings is 1. The Morgan fingerprint density at radius 3 is 2.89 bits per heavy atom. The number of aromatic nitrogens is 2. The SMILES string of the molecule is COc1cc(F)ccc1-c1ccc2nc[nH]c2c1. The molecule has 0 bridgehead atoms. The third kappa shape index (κ3) is 1.72. The van der Waals surface area contributed by atoms with Gasteiger partial charge in [-0.1, -0.05) is 6.07 Å². The Kier molecular flexibility index (Phi) is 2.48. The van der Waals surface area contributed by atoms with Gasteiger partial charge in [0.05, 0.1) is 24.5 Å². The Morgan fingerprint density at radius 2 is 2.06 bits per heavy atom. The molecule has 1 aromatic heterocycles. The summed E-state index contributed by atoms with van der Waals surface area (Å²) in [6, 6.07) is 10.4. The van der Waals surface area contributed by atoms with Gasteiger partial charge < -0.3 is 9.72 Å². The van der Waals surface area contributed by atoms with E-state index in [0.717, 1.165) is 22.2 Å². The lowest BCUT2D eigenvalue weighted by atomic mass is 10.0. The average molecular weight is 242 g/mol. The summed E-state index contributed by atoms with van der Waals surface area (Å²) in [6.07, 6.45) is 1.65. The molecule has 1 heterocycles. The van der Waals surface area contributed by atoms with Crippen LogP contribution in [-0.4, -0.2) is 17.1 Å². The molecular weight excluding hydrogens is 231 g/mol. The Balaban J connectivity index is 2.18. The van der Waals surface area contributed by atoms with E-state index in [2.05, 4.69) is 9.97 Å². The summed E-state index contributed by atoms with van der Waals surface area (Å²) in [6.45, 7) is 0. The number of hydrogen-bond acceptors (Lipinski definition) is 2. The smallest absolute Gasteiger partial charge is 0.129 e. The lowest BCUT2D eigenvalue weighted by molar-refractivity contribution is 0.413. The van der Waals surface area contributed by atoms with Gasteiger partial charge in [-0.25, -0.2) is 9.37 Å². The Morgan fingerprint density at radius 1 is 1.17 bits per heavy atom. The maximum absolute atomic E-state index is 13.2. The fraction of sp³-hybridized carbons (Fsp3) is 0.0714. The number of halogens is 1. The number of H-pyrrole nitrogens is 1. The zero-order valence-electron chi connectivity index (χ0n) is 9.77. The molecule has 18 heavy (non-hydrogen) atoms. The number of fused-ring (bicyclic) bond motifs is 1. The molecular formula is C14H11FN2O. The van der Waals surface area contributed by atoms with Crippen LogP contribution in [0.4, 0.5) is 4.39 Å². The third-order valence-electron chi connectivity index (χ3n) is 2.89. The number of nitrogens with one attached hydrogen (secondary N) is 1. The van der Waals surface area contributed by atoms with Crippen molar-refractivity contribution in [2.24, 2.45) is 0 Å². The van der Waals surface area contributed by atoms with Crippen molar-refractivity contribution in [1.82, 2.24) is 9.97 Å². The Hall–Kier alpha value is -2.36. The number of hydrogen-bond donors (Lipinski definition) is 1. The maximum atomic E-state index is 13.2. The van der Waals surface area contributed by atoms with Crippen LogP contribution in [0, 0.1) is 5.82 Å². The first kappa shape index (κ1) is 10.8. The van der Waals surface area contributed by atoms with Crippen molar-refractivity contribution in [2.75, 3.05) is 7.11 Å². The van der Waals surface area contributed by atoms with E-state index in [9.17, 15) is 4.39 Å². The summed E-state index contributed by atoms with van der Waals surface area (Å²) in [7, 11) is 1.53. The zero-order valence-corrected chi connectivity index (χ0v) is 9.77. The van der Waals surface area contributed by atoms with Crippen molar-refractivity contribution in [3.8, 4) is 16.9 Å². The third-order valence-corrected chi connectivity index (χ3v) is 2.89. The lowest BCUT2D eigenvalue weighted by Gasteiger charge is -2.08. The minimum absolute atomic E-state index is 0.307. The summed E-state index contributed by atoms with van der Waals surface area (Å²) < 4.78 is 18.4. The molecule has 0 unspecified atom stereocenters. The van der Waals surface area contributed by atoms with Crippen LogP contribution in [0.5, 0.6) is 5.75 Å². The fourth-order valence-electron chi connectivity index (χ4n) is 2.01. The number of ether oxygens (including phenoxy) is 1. The average Bonchev–Trinajstić information content (AvgIpc) is 2.85. The second-order valence-electron chi connectivity index (χ2n) is 3.98. The van der Waals surface area contributed by atoms with E-state index in [1.54, 1.807) is 12.4 Å². The maximum Gasteiger partial charge on any atom is 0.129 e. The minimum atomic E-state index is -0.307. The summed E-state index contributed by atoms with van der Waals surface area (Å²) in [5, 5.41) is 0. The van der Waals surface area contributed by atoms with Gasteiger partial charge in [-0.05, 0) is 29.8 Å². The van der Waals surface area contributed by atoms with E-state index >= 15 is 0 Å². The number of rotatable bonds is 2. The van der Waals surface area contributed by atoms with Gasteiger partial charge in [-0.15, -0.1) is 0 Å². The molecule has 0 fully saturated rings. The Bertz CT molecular complexity index is 706. The van der Waals surface area contributed by atoms with Crippen molar-refractivity contribution < 1.29 is 9.13 Å². The first-order valence-electron chi connectivity index (χ1n) is 5.55. The molecule has 0 saturated heterocycles. The highest BCUT2D eigenvalue weighted by Gasteiger charge is 2.08. The normalized spacial score (nSPS) is 10.8. The lowest BCUT2D eigenvalue weighted by Crippen LogP contribution is -1.89. The minimum Gasteiger partial charge on any atom is -0.496 e. The van der Waals surface area contributed by atoms with Crippen LogP contribution in [0.25, 0.3) is 22.2 Å². The first-order chi connectivity index (χ1) is 8.78. The van der Waals surface area contributed by atoms with Crippen LogP contribution >= 0.6 is 0 Å². The first-order valence-corrected chi connectivity index (χ1v) is 5.55. The predicted octanol–water partition coefficient (Wildman–Crippen LogP) is 3.38. The highest BCUT2D eigenvalue weighted by Crippen LogP contribution is 2.31. The second-order valence-corrected chi connectivity index (χ2v) is 3.98. The molecule has 2 aromatic carbocycles. The second kappa shape index (κ2) is 4.14. The van der Waals surface area contributed by atoms with E-state index in [1.165, 1.54) is 19.2 Å². The van der Waals surface area contributed by atoms with Gasteiger partial charge in [0.15, 0.2) is 0 Å². The van der Waals surface area contributed by atoms with E-state index in [-0.39, 0.29) is 5.82 Å². The molecule has 3 rings (SSSR count). The van der Waals surface area contributed by atoms with Gasteiger partial charge in [-0.2, -0.15) is 0 Å². The summed E-state index contributed by atoms with van der Waals surface area (Å²) in [5.74, 6) is 0.215. The van der Waals surface area contributed by atoms with Gasteiger partial charge in [0.2, 0.25) is 0 Å². The summed E-state index contributed by atoms with van der Waals surface area (Å²) in [5.41, 5.74) is 3.66. The van der Waals surface area contributed by atoms with E-state index in [0.29, 0.717) is 5.75 Å².